The summed E-state index contributed by atoms with van der Waals surface area (Å²) in [5.41, 5.74) is 3.59. The molecule has 1 atom stereocenters. The first-order chi connectivity index (χ1) is 9.72. The summed E-state index contributed by atoms with van der Waals surface area (Å²) in [5.74, 6) is 0. The topological polar surface area (TPSA) is 42.7 Å². The minimum absolute atomic E-state index is 0.311. The van der Waals surface area contributed by atoms with E-state index in [4.69, 9.17) is 0 Å². The Labute approximate surface area is 122 Å². The Morgan fingerprint density at radius 3 is 3.10 bits per heavy atom. The van der Waals surface area contributed by atoms with Gasteiger partial charge in [0.2, 0.25) is 0 Å². The number of rotatable bonds is 5. The Bertz CT molecular complexity index is 701. The molecule has 3 aromatic heterocycles. The highest BCUT2D eigenvalue weighted by Gasteiger charge is 2.07. The number of fused-ring (bicyclic) bond motifs is 1. The van der Waals surface area contributed by atoms with E-state index in [0.29, 0.717) is 6.04 Å². The minimum atomic E-state index is 0.311. The molecule has 0 saturated heterocycles. The number of hydrogen-bond acceptors (Lipinski definition) is 4. The van der Waals surface area contributed by atoms with Gasteiger partial charge in [-0.15, -0.1) is 11.3 Å². The van der Waals surface area contributed by atoms with Crippen molar-refractivity contribution in [3.63, 3.8) is 0 Å². The zero-order chi connectivity index (χ0) is 13.9. The summed E-state index contributed by atoms with van der Waals surface area (Å²) < 4.78 is 3.09. The van der Waals surface area contributed by atoms with Gasteiger partial charge in [-0.25, -0.2) is 0 Å². The second-order valence-electron chi connectivity index (χ2n) is 5.02. The van der Waals surface area contributed by atoms with E-state index in [-0.39, 0.29) is 0 Å². The van der Waals surface area contributed by atoms with Crippen LogP contribution < -0.4 is 5.32 Å². The van der Waals surface area contributed by atoms with Crippen LogP contribution in [0.3, 0.4) is 0 Å². The second-order valence-corrected chi connectivity index (χ2v) is 5.97. The number of thiophene rings is 1. The smallest absolute Gasteiger partial charge is 0.0809 e. The Morgan fingerprint density at radius 1 is 1.40 bits per heavy atom. The molecular formula is C15H18N4S. The van der Waals surface area contributed by atoms with Crippen molar-refractivity contribution in [1.82, 2.24) is 20.1 Å². The van der Waals surface area contributed by atoms with Crippen LogP contribution in [0, 0.1) is 0 Å². The van der Waals surface area contributed by atoms with Crippen molar-refractivity contribution in [3.8, 4) is 0 Å². The van der Waals surface area contributed by atoms with Crippen molar-refractivity contribution >= 4 is 21.6 Å². The Kier molecular flexibility index (Phi) is 3.80. The van der Waals surface area contributed by atoms with E-state index in [9.17, 15) is 0 Å². The van der Waals surface area contributed by atoms with E-state index in [1.807, 2.05) is 24.1 Å². The maximum Gasteiger partial charge on any atom is 0.0809 e. The molecule has 104 valence electrons. The van der Waals surface area contributed by atoms with Crippen molar-refractivity contribution < 1.29 is 0 Å². The van der Waals surface area contributed by atoms with Gasteiger partial charge in [-0.1, -0.05) is 0 Å². The Hall–Kier alpha value is -1.72. The fourth-order valence-electron chi connectivity index (χ4n) is 2.25. The van der Waals surface area contributed by atoms with Gasteiger partial charge in [-0.2, -0.15) is 5.10 Å². The highest BCUT2D eigenvalue weighted by atomic mass is 32.1. The minimum Gasteiger partial charge on any atom is -0.310 e. The molecule has 0 aromatic carbocycles. The lowest BCUT2D eigenvalue weighted by Crippen LogP contribution is -2.21. The average Bonchev–Trinajstić information content (AvgIpc) is 3.06. The molecule has 20 heavy (non-hydrogen) atoms. The van der Waals surface area contributed by atoms with Gasteiger partial charge in [-0.3, -0.25) is 9.67 Å². The third kappa shape index (κ3) is 2.89. The molecule has 0 saturated carbocycles. The molecule has 0 aliphatic heterocycles. The molecule has 4 nitrogen and oxygen atoms in total. The van der Waals surface area contributed by atoms with Crippen LogP contribution in [0.15, 0.2) is 36.1 Å². The predicted octanol–water partition coefficient (Wildman–Crippen LogP) is 2.92. The molecular weight excluding hydrogens is 268 g/mol. The normalized spacial score (nSPS) is 12.9. The molecule has 3 heterocycles. The summed E-state index contributed by atoms with van der Waals surface area (Å²) in [6.45, 7) is 3.12. The van der Waals surface area contributed by atoms with Gasteiger partial charge in [0.1, 0.15) is 0 Å². The van der Waals surface area contributed by atoms with Crippen molar-refractivity contribution in [3.05, 3.63) is 47.2 Å². The van der Waals surface area contributed by atoms with E-state index in [1.54, 1.807) is 11.3 Å². The summed E-state index contributed by atoms with van der Waals surface area (Å²) >= 11 is 1.74. The van der Waals surface area contributed by atoms with Crippen molar-refractivity contribution in [2.24, 2.45) is 7.05 Å². The van der Waals surface area contributed by atoms with Crippen molar-refractivity contribution in [1.29, 1.82) is 0 Å². The summed E-state index contributed by atoms with van der Waals surface area (Å²) in [4.78, 5) is 4.49. The predicted molar refractivity (Wildman–Crippen MR) is 82.9 cm³/mol. The highest BCUT2D eigenvalue weighted by Crippen LogP contribution is 2.22. The van der Waals surface area contributed by atoms with Gasteiger partial charge < -0.3 is 5.32 Å². The highest BCUT2D eigenvalue weighted by molar-refractivity contribution is 7.17. The fourth-order valence-corrected chi connectivity index (χ4v) is 3.04. The van der Waals surface area contributed by atoms with E-state index in [0.717, 1.165) is 18.5 Å². The van der Waals surface area contributed by atoms with Crippen LogP contribution in [0.5, 0.6) is 0 Å². The second kappa shape index (κ2) is 5.73. The van der Waals surface area contributed by atoms with Gasteiger partial charge in [0.05, 0.1) is 16.4 Å². The number of pyridine rings is 1. The first kappa shape index (κ1) is 13.3. The number of hydrogen-bond donors (Lipinski definition) is 1. The van der Waals surface area contributed by atoms with Crippen LogP contribution in [-0.4, -0.2) is 21.3 Å². The number of aromatic nitrogens is 3. The van der Waals surface area contributed by atoms with E-state index in [1.165, 1.54) is 15.8 Å². The average molecular weight is 286 g/mol. The monoisotopic (exact) mass is 286 g/mol. The molecule has 0 fully saturated rings. The number of nitrogens with zero attached hydrogens (tertiary/aromatic N) is 3. The zero-order valence-electron chi connectivity index (χ0n) is 11.7. The summed E-state index contributed by atoms with van der Waals surface area (Å²) in [6, 6.07) is 4.60. The van der Waals surface area contributed by atoms with Gasteiger partial charge in [0.25, 0.3) is 0 Å². The van der Waals surface area contributed by atoms with Crippen LogP contribution in [0.4, 0.5) is 0 Å². The summed E-state index contributed by atoms with van der Waals surface area (Å²) in [6.07, 6.45) is 6.95. The maximum atomic E-state index is 4.49. The number of aryl methyl sites for hydroxylation is 1. The van der Waals surface area contributed by atoms with E-state index < -0.39 is 0 Å². The third-order valence-electron chi connectivity index (χ3n) is 3.45. The molecule has 3 aromatic rings. The van der Waals surface area contributed by atoms with Gasteiger partial charge in [0, 0.05) is 25.5 Å². The first-order valence-corrected chi connectivity index (χ1v) is 7.64. The molecule has 5 heteroatoms. The molecule has 0 amide bonds. The van der Waals surface area contributed by atoms with Crippen LogP contribution in [0.1, 0.15) is 24.1 Å². The Balaban J connectivity index is 1.59. The van der Waals surface area contributed by atoms with Crippen molar-refractivity contribution in [2.75, 3.05) is 6.54 Å². The van der Waals surface area contributed by atoms with Gasteiger partial charge >= 0.3 is 0 Å². The summed E-state index contributed by atoms with van der Waals surface area (Å²) in [5, 5.41) is 9.81. The SMILES string of the molecule is CC(NCCc1cnn(C)c1)c1cnc2ccsc2c1. The Morgan fingerprint density at radius 2 is 2.30 bits per heavy atom. The molecule has 3 rings (SSSR count). The summed E-state index contributed by atoms with van der Waals surface area (Å²) in [7, 11) is 1.95. The fraction of sp³-hybridized carbons (Fsp3) is 0.333. The third-order valence-corrected chi connectivity index (χ3v) is 4.30. The number of nitrogens with one attached hydrogen (secondary N) is 1. The largest absolute Gasteiger partial charge is 0.310 e. The lowest BCUT2D eigenvalue weighted by Gasteiger charge is -2.13. The maximum absolute atomic E-state index is 4.49. The van der Waals surface area contributed by atoms with Gasteiger partial charge in [0.15, 0.2) is 0 Å². The zero-order valence-corrected chi connectivity index (χ0v) is 12.5. The van der Waals surface area contributed by atoms with E-state index >= 15 is 0 Å². The van der Waals surface area contributed by atoms with E-state index in [2.05, 4.69) is 46.0 Å². The van der Waals surface area contributed by atoms with Crippen LogP contribution in [0.25, 0.3) is 10.2 Å². The lowest BCUT2D eigenvalue weighted by molar-refractivity contribution is 0.576. The molecule has 0 bridgehead atoms. The van der Waals surface area contributed by atoms with Crippen LogP contribution in [-0.2, 0) is 13.5 Å². The molecule has 0 aliphatic carbocycles. The standard InChI is InChI=1S/C15H18N4S/c1-11(16-5-3-12-8-18-19(2)10-12)13-7-15-14(17-9-13)4-6-20-15/h4,6-11,16H,3,5H2,1-2H3. The molecule has 1 N–H and O–H groups in total. The van der Waals surface area contributed by atoms with Gasteiger partial charge in [-0.05, 0) is 48.5 Å². The molecule has 0 radical (unpaired) electrons. The molecule has 0 aliphatic rings. The molecule has 0 spiro atoms. The quantitative estimate of drug-likeness (QED) is 0.784. The molecule has 1 unspecified atom stereocenters. The van der Waals surface area contributed by atoms with Crippen LogP contribution in [0.2, 0.25) is 0 Å². The van der Waals surface area contributed by atoms with Crippen molar-refractivity contribution in [2.45, 2.75) is 19.4 Å². The lowest BCUT2D eigenvalue weighted by atomic mass is 10.1. The first-order valence-electron chi connectivity index (χ1n) is 6.76. The van der Waals surface area contributed by atoms with Crippen LogP contribution >= 0.6 is 11.3 Å².